The van der Waals surface area contributed by atoms with Gasteiger partial charge in [-0.15, -0.1) is 5.06 Å². The Bertz CT molecular complexity index is 577. The molecule has 0 bridgehead atoms. The van der Waals surface area contributed by atoms with E-state index in [9.17, 15) is 23.3 Å². The number of alkyl halides is 3. The largest absolute Gasteiger partial charge is 0.437 e. The van der Waals surface area contributed by atoms with Crippen LogP contribution in [0.15, 0.2) is 24.3 Å². The highest BCUT2D eigenvalue weighted by molar-refractivity contribution is 6.69. The van der Waals surface area contributed by atoms with Crippen molar-refractivity contribution >= 4 is 14.0 Å². The molecule has 130 valence electrons. The van der Waals surface area contributed by atoms with E-state index >= 15 is 0 Å². The molecule has 1 aromatic rings. The Morgan fingerprint density at radius 1 is 1.26 bits per heavy atom. The molecule has 0 aliphatic rings. The number of hydrogen-bond donors (Lipinski definition) is 0. The molecule has 0 N–H and O–H groups in total. The van der Waals surface area contributed by atoms with Crippen molar-refractivity contribution in [3.05, 3.63) is 39.9 Å². The maximum atomic E-state index is 14.0. The molecule has 1 rings (SSSR count). The third-order valence-corrected chi connectivity index (χ3v) is 3.91. The van der Waals surface area contributed by atoms with Crippen molar-refractivity contribution in [3.63, 3.8) is 0 Å². The number of hydrogen-bond acceptors (Lipinski definition) is 5. The Morgan fingerprint density at radius 3 is 2.22 bits per heavy atom. The monoisotopic (exact) mass is 352 g/mol. The van der Waals surface area contributed by atoms with Crippen LogP contribution in [0.2, 0.25) is 19.6 Å². The van der Waals surface area contributed by atoms with Gasteiger partial charge in [0.1, 0.15) is 0 Å². The van der Waals surface area contributed by atoms with Crippen molar-refractivity contribution in [3.8, 4) is 0 Å². The Labute approximate surface area is 133 Å². The minimum atomic E-state index is -4.88. The summed E-state index contributed by atoms with van der Waals surface area (Å²) >= 11 is 0. The number of nitro groups is 1. The molecule has 1 aromatic carbocycles. The van der Waals surface area contributed by atoms with E-state index in [1.165, 1.54) is 6.07 Å². The molecule has 10 heteroatoms. The second-order valence-corrected chi connectivity index (χ2v) is 10.3. The summed E-state index contributed by atoms with van der Waals surface area (Å²) in [5.74, 6) is 0. The lowest BCUT2D eigenvalue weighted by Gasteiger charge is -2.44. The number of non-ortho nitro benzene ring substituents is 1. The Hall–Kier alpha value is -1.49. The van der Waals surface area contributed by atoms with Gasteiger partial charge in [0.2, 0.25) is 0 Å². The summed E-state index contributed by atoms with van der Waals surface area (Å²) in [5.41, 5.74) is -3.80. The predicted molar refractivity (Wildman–Crippen MR) is 80.0 cm³/mol. The molecular formula is C13H19F3N2O4Si. The quantitative estimate of drug-likeness (QED) is 0.338. The van der Waals surface area contributed by atoms with E-state index in [4.69, 9.17) is 9.26 Å². The SMILES string of the molecule is CON(C)C(O[Si](C)(C)C)(c1cccc([N+](=O)[O-])c1)C(F)(F)F. The summed E-state index contributed by atoms with van der Waals surface area (Å²) < 4.78 is 47.4. The molecule has 1 atom stereocenters. The van der Waals surface area contributed by atoms with E-state index < -0.39 is 36.4 Å². The smallest absolute Gasteiger partial charge is 0.388 e. The molecule has 0 aromatic heterocycles. The predicted octanol–water partition coefficient (Wildman–Crippen LogP) is 3.65. The average Bonchev–Trinajstić information content (AvgIpc) is 2.41. The van der Waals surface area contributed by atoms with Crippen LogP contribution in [0.25, 0.3) is 0 Å². The van der Waals surface area contributed by atoms with Gasteiger partial charge in [-0.25, -0.2) is 0 Å². The first-order valence-electron chi connectivity index (χ1n) is 6.65. The van der Waals surface area contributed by atoms with Gasteiger partial charge in [0.05, 0.1) is 12.0 Å². The number of nitro benzene ring substituents is 1. The standard InChI is InChI=1S/C13H19F3N2O4Si/c1-17(21-2)12(13(14,15)16,22-23(3,4)5)10-7-6-8-11(9-10)18(19)20/h6-9H,1-5H3. The molecule has 0 aliphatic carbocycles. The summed E-state index contributed by atoms with van der Waals surface area (Å²) in [6, 6.07) is 4.29. The molecule has 23 heavy (non-hydrogen) atoms. The van der Waals surface area contributed by atoms with E-state index in [0.717, 1.165) is 32.4 Å². The van der Waals surface area contributed by atoms with Gasteiger partial charge in [-0.3, -0.25) is 15.0 Å². The van der Waals surface area contributed by atoms with Gasteiger partial charge < -0.3 is 4.43 Å². The Kier molecular flexibility index (Phi) is 5.57. The van der Waals surface area contributed by atoms with Gasteiger partial charge >= 0.3 is 6.18 Å². The van der Waals surface area contributed by atoms with E-state index in [0.29, 0.717) is 5.06 Å². The molecule has 0 fully saturated rings. The summed E-state index contributed by atoms with van der Waals surface area (Å²) in [6.45, 7) is 4.77. The van der Waals surface area contributed by atoms with Crippen LogP contribution >= 0.6 is 0 Å². The Morgan fingerprint density at radius 2 is 1.83 bits per heavy atom. The van der Waals surface area contributed by atoms with Gasteiger partial charge in [0, 0.05) is 24.7 Å². The van der Waals surface area contributed by atoms with Gasteiger partial charge in [0.15, 0.2) is 8.32 Å². The molecule has 1 unspecified atom stereocenters. The lowest BCUT2D eigenvalue weighted by molar-refractivity contribution is -0.387. The number of nitrogens with zero attached hydrogens (tertiary/aromatic N) is 2. The zero-order valence-corrected chi connectivity index (χ0v) is 14.5. The minimum absolute atomic E-state index is 0.411. The molecule has 0 saturated heterocycles. The van der Waals surface area contributed by atoms with Gasteiger partial charge in [-0.05, 0) is 19.6 Å². The van der Waals surface area contributed by atoms with E-state index in [1.807, 2.05) is 0 Å². The summed E-state index contributed by atoms with van der Waals surface area (Å²) in [4.78, 5) is 14.9. The van der Waals surface area contributed by atoms with Crippen LogP contribution in [0.4, 0.5) is 18.9 Å². The first kappa shape index (κ1) is 19.6. The fourth-order valence-corrected chi connectivity index (χ4v) is 3.36. The lowest BCUT2D eigenvalue weighted by Crippen LogP contribution is -2.59. The van der Waals surface area contributed by atoms with Crippen LogP contribution in [0, 0.1) is 10.1 Å². The normalized spacial score (nSPS) is 15.5. The van der Waals surface area contributed by atoms with E-state index in [2.05, 4.69) is 0 Å². The van der Waals surface area contributed by atoms with Crippen molar-refractivity contribution in [2.75, 3.05) is 14.2 Å². The van der Waals surface area contributed by atoms with Crippen LogP contribution in [0.3, 0.4) is 0 Å². The van der Waals surface area contributed by atoms with E-state index in [1.54, 1.807) is 19.6 Å². The number of hydroxylamine groups is 2. The first-order chi connectivity index (χ1) is 10.3. The average molecular weight is 352 g/mol. The summed E-state index contributed by atoms with van der Waals surface area (Å²) in [6.07, 6.45) is -4.88. The van der Waals surface area contributed by atoms with Crippen molar-refractivity contribution in [1.82, 2.24) is 5.06 Å². The van der Waals surface area contributed by atoms with Crippen LogP contribution in [-0.4, -0.2) is 38.6 Å². The highest BCUT2D eigenvalue weighted by atomic mass is 28.4. The zero-order valence-electron chi connectivity index (χ0n) is 13.5. The molecule has 0 saturated carbocycles. The van der Waals surface area contributed by atoms with E-state index in [-0.39, 0.29) is 0 Å². The maximum Gasteiger partial charge on any atom is 0.437 e. The fourth-order valence-electron chi connectivity index (χ4n) is 2.11. The number of benzene rings is 1. The van der Waals surface area contributed by atoms with Crippen LogP contribution < -0.4 is 0 Å². The third-order valence-electron chi connectivity index (χ3n) is 3.00. The molecule has 0 aliphatic heterocycles. The van der Waals surface area contributed by atoms with Crippen molar-refractivity contribution < 1.29 is 27.4 Å². The van der Waals surface area contributed by atoms with Crippen molar-refractivity contribution in [2.45, 2.75) is 31.5 Å². The number of rotatable bonds is 6. The van der Waals surface area contributed by atoms with Crippen molar-refractivity contribution in [1.29, 1.82) is 0 Å². The zero-order chi connectivity index (χ0) is 18.1. The molecule has 0 spiro atoms. The van der Waals surface area contributed by atoms with Gasteiger partial charge in [-0.2, -0.15) is 13.2 Å². The fraction of sp³-hybridized carbons (Fsp3) is 0.538. The molecule has 0 radical (unpaired) electrons. The van der Waals surface area contributed by atoms with Crippen molar-refractivity contribution in [2.24, 2.45) is 0 Å². The molecular weight excluding hydrogens is 333 g/mol. The second kappa shape index (κ2) is 6.55. The topological polar surface area (TPSA) is 64.8 Å². The lowest BCUT2D eigenvalue weighted by atomic mass is 10.0. The summed E-state index contributed by atoms with van der Waals surface area (Å²) in [5, 5.41) is 11.4. The molecule has 0 amide bonds. The highest BCUT2D eigenvalue weighted by Crippen LogP contribution is 2.46. The van der Waals surface area contributed by atoms with Gasteiger partial charge in [0.25, 0.3) is 11.4 Å². The minimum Gasteiger partial charge on any atom is -0.388 e. The Balaban J connectivity index is 3.67. The second-order valence-electron chi connectivity index (χ2n) is 5.84. The van der Waals surface area contributed by atoms with Crippen LogP contribution in [0.1, 0.15) is 5.56 Å². The maximum absolute atomic E-state index is 14.0. The number of halogens is 3. The third kappa shape index (κ3) is 4.08. The first-order valence-corrected chi connectivity index (χ1v) is 10.1. The highest BCUT2D eigenvalue weighted by Gasteiger charge is 2.62. The van der Waals surface area contributed by atoms with Crippen LogP contribution in [-0.2, 0) is 15.0 Å². The molecule has 0 heterocycles. The van der Waals surface area contributed by atoms with Gasteiger partial charge in [-0.1, -0.05) is 12.1 Å². The van der Waals surface area contributed by atoms with Crippen LogP contribution in [0.5, 0.6) is 0 Å². The molecule has 6 nitrogen and oxygen atoms in total. The summed E-state index contributed by atoms with van der Waals surface area (Å²) in [7, 11) is -0.570.